The van der Waals surface area contributed by atoms with Crippen LogP contribution in [0.15, 0.2) is 23.0 Å². The number of hydrogen-bond donors (Lipinski definition) is 1. The van der Waals surface area contributed by atoms with E-state index in [2.05, 4.69) is 0 Å². The molecule has 3 nitrogen and oxygen atoms in total. The first kappa shape index (κ1) is 8.01. The summed E-state index contributed by atoms with van der Waals surface area (Å²) in [5, 5.41) is 0. The molecule has 3 heteroatoms. The second-order valence-corrected chi connectivity index (χ2v) is 2.51. The lowest BCUT2D eigenvalue weighted by Gasteiger charge is -2.03. The van der Waals surface area contributed by atoms with E-state index in [1.54, 1.807) is 13.0 Å². The van der Waals surface area contributed by atoms with E-state index in [-0.39, 0.29) is 11.7 Å². The van der Waals surface area contributed by atoms with Gasteiger partial charge in [-0.3, -0.25) is 4.79 Å². The quantitative estimate of drug-likeness (QED) is 0.660. The molecule has 60 valence electrons. The third kappa shape index (κ3) is 1.68. The summed E-state index contributed by atoms with van der Waals surface area (Å²) in [6, 6.07) is 1.65. The van der Waals surface area contributed by atoms with Crippen molar-refractivity contribution in [3.05, 3.63) is 24.2 Å². The number of hydrogen-bond acceptors (Lipinski definition) is 3. The largest absolute Gasteiger partial charge is 0.472 e. The van der Waals surface area contributed by atoms with E-state index < -0.39 is 0 Å². The van der Waals surface area contributed by atoms with Gasteiger partial charge < -0.3 is 10.2 Å². The van der Waals surface area contributed by atoms with Gasteiger partial charge in [-0.1, -0.05) is 6.92 Å². The molecular weight excluding hydrogens is 142 g/mol. The number of nitrogens with two attached hydrogens (primary N) is 1. The first-order valence-electron chi connectivity index (χ1n) is 3.52. The average Bonchev–Trinajstić information content (AvgIpc) is 2.53. The molecule has 1 rings (SSSR count). The van der Waals surface area contributed by atoms with Crippen LogP contribution in [0.25, 0.3) is 0 Å². The van der Waals surface area contributed by atoms with Crippen molar-refractivity contribution in [2.75, 3.05) is 6.54 Å². The van der Waals surface area contributed by atoms with Crippen LogP contribution in [-0.4, -0.2) is 12.3 Å². The highest BCUT2D eigenvalue weighted by atomic mass is 16.3. The Bertz CT molecular complexity index is 228. The Hall–Kier alpha value is -1.09. The van der Waals surface area contributed by atoms with Crippen LogP contribution in [0.2, 0.25) is 0 Å². The van der Waals surface area contributed by atoms with Crippen LogP contribution in [0.1, 0.15) is 17.3 Å². The van der Waals surface area contributed by atoms with Crippen molar-refractivity contribution < 1.29 is 9.21 Å². The van der Waals surface area contributed by atoms with Crippen LogP contribution >= 0.6 is 0 Å². The second-order valence-electron chi connectivity index (χ2n) is 2.51. The molecular formula is C8H11NO2. The normalized spacial score (nSPS) is 12.9. The average molecular weight is 153 g/mol. The summed E-state index contributed by atoms with van der Waals surface area (Å²) in [4.78, 5) is 11.3. The predicted octanol–water partition coefficient (Wildman–Crippen LogP) is 1.06. The number of furan rings is 1. The van der Waals surface area contributed by atoms with Crippen molar-refractivity contribution in [3.63, 3.8) is 0 Å². The van der Waals surface area contributed by atoms with E-state index in [9.17, 15) is 4.79 Å². The lowest BCUT2D eigenvalue weighted by atomic mass is 10.0. The van der Waals surface area contributed by atoms with Crippen molar-refractivity contribution in [2.45, 2.75) is 6.92 Å². The molecule has 0 aromatic carbocycles. The molecule has 0 amide bonds. The number of ketones is 1. The van der Waals surface area contributed by atoms with E-state index in [0.29, 0.717) is 12.1 Å². The van der Waals surface area contributed by atoms with Crippen LogP contribution in [0, 0.1) is 5.92 Å². The van der Waals surface area contributed by atoms with Crippen LogP contribution in [0.3, 0.4) is 0 Å². The van der Waals surface area contributed by atoms with Gasteiger partial charge in [0.05, 0.1) is 11.8 Å². The highest BCUT2D eigenvalue weighted by Gasteiger charge is 2.13. The van der Waals surface area contributed by atoms with Crippen molar-refractivity contribution >= 4 is 5.78 Å². The van der Waals surface area contributed by atoms with E-state index in [1.807, 2.05) is 0 Å². The Labute approximate surface area is 65.2 Å². The van der Waals surface area contributed by atoms with Gasteiger partial charge in [0.1, 0.15) is 6.26 Å². The summed E-state index contributed by atoms with van der Waals surface area (Å²) in [6.07, 6.45) is 2.92. The fourth-order valence-corrected chi connectivity index (χ4v) is 0.796. The topological polar surface area (TPSA) is 56.2 Å². The van der Waals surface area contributed by atoms with Crippen LogP contribution < -0.4 is 5.73 Å². The zero-order valence-electron chi connectivity index (χ0n) is 6.41. The Morgan fingerprint density at radius 2 is 2.55 bits per heavy atom. The maximum atomic E-state index is 11.3. The molecule has 1 aromatic rings. The second kappa shape index (κ2) is 3.34. The first-order valence-corrected chi connectivity index (χ1v) is 3.52. The van der Waals surface area contributed by atoms with Gasteiger partial charge in [0, 0.05) is 12.5 Å². The molecule has 0 aliphatic heterocycles. The molecule has 0 saturated heterocycles. The molecule has 0 aliphatic carbocycles. The van der Waals surface area contributed by atoms with Crippen LogP contribution in [0.4, 0.5) is 0 Å². The zero-order chi connectivity index (χ0) is 8.27. The Morgan fingerprint density at radius 3 is 3.00 bits per heavy atom. The molecule has 0 fully saturated rings. The summed E-state index contributed by atoms with van der Waals surface area (Å²) in [5.41, 5.74) is 5.93. The molecule has 1 heterocycles. The van der Waals surface area contributed by atoms with Gasteiger partial charge in [0.15, 0.2) is 5.78 Å². The maximum absolute atomic E-state index is 11.3. The molecule has 0 radical (unpaired) electrons. The molecule has 0 aliphatic rings. The lowest BCUT2D eigenvalue weighted by Crippen LogP contribution is -2.20. The predicted molar refractivity (Wildman–Crippen MR) is 41.3 cm³/mol. The molecule has 2 N–H and O–H groups in total. The third-order valence-corrected chi connectivity index (χ3v) is 1.61. The highest BCUT2D eigenvalue weighted by Crippen LogP contribution is 2.07. The summed E-state index contributed by atoms with van der Waals surface area (Å²) in [5.74, 6) is -0.0751. The van der Waals surface area contributed by atoms with Crippen molar-refractivity contribution in [1.29, 1.82) is 0 Å². The summed E-state index contributed by atoms with van der Waals surface area (Å²) < 4.78 is 4.77. The first-order chi connectivity index (χ1) is 5.25. The zero-order valence-corrected chi connectivity index (χ0v) is 6.41. The van der Waals surface area contributed by atoms with Gasteiger partial charge in [-0.2, -0.15) is 0 Å². The number of rotatable bonds is 3. The Morgan fingerprint density at radius 1 is 1.82 bits per heavy atom. The van der Waals surface area contributed by atoms with E-state index in [1.165, 1.54) is 12.5 Å². The van der Waals surface area contributed by atoms with Gasteiger partial charge in [-0.25, -0.2) is 0 Å². The highest BCUT2D eigenvalue weighted by molar-refractivity contribution is 5.97. The molecule has 0 spiro atoms. The number of carbonyl (C=O) groups excluding carboxylic acids is 1. The minimum Gasteiger partial charge on any atom is -0.472 e. The standard InChI is InChI=1S/C8H11NO2/c1-6(4-9)8(10)7-2-3-11-5-7/h2-3,5-6H,4,9H2,1H3. The summed E-state index contributed by atoms with van der Waals surface area (Å²) >= 11 is 0. The molecule has 1 atom stereocenters. The molecule has 0 saturated carbocycles. The van der Waals surface area contributed by atoms with E-state index >= 15 is 0 Å². The monoisotopic (exact) mass is 153 g/mol. The van der Waals surface area contributed by atoms with Gasteiger partial charge in [0.2, 0.25) is 0 Å². The fraction of sp³-hybridized carbons (Fsp3) is 0.375. The van der Waals surface area contributed by atoms with Crippen LogP contribution in [0.5, 0.6) is 0 Å². The minimum atomic E-state index is -0.118. The van der Waals surface area contributed by atoms with E-state index in [0.717, 1.165) is 0 Å². The summed E-state index contributed by atoms with van der Waals surface area (Å²) in [6.45, 7) is 2.18. The van der Waals surface area contributed by atoms with Crippen molar-refractivity contribution in [3.8, 4) is 0 Å². The Balaban J connectivity index is 2.70. The fourth-order valence-electron chi connectivity index (χ4n) is 0.796. The Kier molecular flexibility index (Phi) is 2.44. The molecule has 0 bridgehead atoms. The van der Waals surface area contributed by atoms with Crippen molar-refractivity contribution in [2.24, 2.45) is 11.7 Å². The van der Waals surface area contributed by atoms with Gasteiger partial charge in [-0.15, -0.1) is 0 Å². The smallest absolute Gasteiger partial charge is 0.170 e. The molecule has 1 aromatic heterocycles. The molecule has 1 unspecified atom stereocenters. The van der Waals surface area contributed by atoms with Crippen LogP contribution in [-0.2, 0) is 0 Å². The maximum Gasteiger partial charge on any atom is 0.170 e. The van der Waals surface area contributed by atoms with Crippen molar-refractivity contribution in [1.82, 2.24) is 0 Å². The van der Waals surface area contributed by atoms with Gasteiger partial charge in [0.25, 0.3) is 0 Å². The summed E-state index contributed by atoms with van der Waals surface area (Å²) in [7, 11) is 0. The molecule has 11 heavy (non-hydrogen) atoms. The SMILES string of the molecule is CC(CN)C(=O)c1ccoc1. The minimum absolute atomic E-state index is 0.0428. The van der Waals surface area contributed by atoms with E-state index in [4.69, 9.17) is 10.2 Å². The van der Waals surface area contributed by atoms with Gasteiger partial charge in [-0.05, 0) is 6.07 Å². The third-order valence-electron chi connectivity index (χ3n) is 1.61. The lowest BCUT2D eigenvalue weighted by molar-refractivity contribution is 0.0933. The number of Topliss-reactive ketones (excluding diaryl/α,β-unsaturated/α-hetero) is 1. The number of carbonyl (C=O) groups is 1. The van der Waals surface area contributed by atoms with Gasteiger partial charge >= 0.3 is 0 Å².